The topological polar surface area (TPSA) is 73.8 Å². The standard InChI is InChI=1S/C22H32N4O2S2.HI/c1-17-10-12-26(13-11-17)20(21-5-4-14-29-21)16-25-22(23-2)24-15-18-6-8-19(9-7-18)30(3,27)28;/h4-9,14,17,20H,10-13,15-16H2,1-3H3,(H2,23,24,25);1H. The van der Waals surface area contributed by atoms with E-state index in [2.05, 4.69) is 45.0 Å². The van der Waals surface area contributed by atoms with Gasteiger partial charge in [0, 0.05) is 31.3 Å². The first-order valence-corrected chi connectivity index (χ1v) is 13.1. The van der Waals surface area contributed by atoms with E-state index in [0.717, 1.165) is 37.1 Å². The molecule has 1 atom stereocenters. The summed E-state index contributed by atoms with van der Waals surface area (Å²) in [6.07, 6.45) is 3.72. The number of benzene rings is 1. The van der Waals surface area contributed by atoms with Crippen LogP contribution in [0.5, 0.6) is 0 Å². The quantitative estimate of drug-likeness (QED) is 0.297. The third-order valence-electron chi connectivity index (χ3n) is 5.63. The molecule has 1 aliphatic heterocycles. The van der Waals surface area contributed by atoms with Gasteiger partial charge >= 0.3 is 0 Å². The number of likely N-dealkylation sites (tertiary alicyclic amines) is 1. The molecule has 3 rings (SSSR count). The number of hydrogen-bond donors (Lipinski definition) is 2. The molecule has 1 aliphatic rings. The summed E-state index contributed by atoms with van der Waals surface area (Å²) < 4.78 is 23.2. The van der Waals surface area contributed by atoms with Crippen molar-refractivity contribution in [3.63, 3.8) is 0 Å². The van der Waals surface area contributed by atoms with E-state index in [0.29, 0.717) is 17.5 Å². The van der Waals surface area contributed by atoms with Crippen LogP contribution in [0, 0.1) is 5.92 Å². The van der Waals surface area contributed by atoms with Crippen LogP contribution < -0.4 is 10.6 Å². The van der Waals surface area contributed by atoms with Gasteiger partial charge in [-0.15, -0.1) is 35.3 Å². The predicted molar refractivity (Wildman–Crippen MR) is 140 cm³/mol. The van der Waals surface area contributed by atoms with E-state index in [-0.39, 0.29) is 24.0 Å². The zero-order chi connectivity index (χ0) is 21.6. The summed E-state index contributed by atoms with van der Waals surface area (Å²) in [5.74, 6) is 1.55. The molecule has 1 fully saturated rings. The zero-order valence-electron chi connectivity index (χ0n) is 18.4. The first-order valence-electron chi connectivity index (χ1n) is 10.4. The number of thiophene rings is 1. The summed E-state index contributed by atoms with van der Waals surface area (Å²) in [5.41, 5.74) is 1.00. The van der Waals surface area contributed by atoms with Crippen LogP contribution in [-0.4, -0.2) is 52.2 Å². The van der Waals surface area contributed by atoms with Crippen molar-refractivity contribution < 1.29 is 8.42 Å². The number of rotatable bonds is 7. The molecule has 2 N–H and O–H groups in total. The summed E-state index contributed by atoms with van der Waals surface area (Å²) in [4.78, 5) is 8.65. The number of aliphatic imine (C=N–C) groups is 1. The van der Waals surface area contributed by atoms with Crippen molar-refractivity contribution in [3.05, 3.63) is 52.2 Å². The average molecular weight is 577 g/mol. The lowest BCUT2D eigenvalue weighted by Crippen LogP contribution is -2.44. The molecular formula is C22H33IN4O2S2. The molecule has 1 saturated heterocycles. The SMILES string of the molecule is CN=C(NCc1ccc(S(C)(=O)=O)cc1)NCC(c1cccs1)N1CCC(C)CC1.I. The molecule has 0 bridgehead atoms. The Bertz CT molecular complexity index is 923. The molecule has 2 heterocycles. The Morgan fingerprint density at radius 2 is 1.87 bits per heavy atom. The molecule has 0 amide bonds. The van der Waals surface area contributed by atoms with Crippen molar-refractivity contribution in [2.45, 2.75) is 37.2 Å². The van der Waals surface area contributed by atoms with Gasteiger partial charge in [0.15, 0.2) is 15.8 Å². The van der Waals surface area contributed by atoms with Crippen LogP contribution in [0.1, 0.15) is 36.2 Å². The predicted octanol–water partition coefficient (Wildman–Crippen LogP) is 3.91. The minimum Gasteiger partial charge on any atom is -0.354 e. The van der Waals surface area contributed by atoms with Crippen molar-refractivity contribution >= 4 is 51.1 Å². The van der Waals surface area contributed by atoms with Crippen LogP contribution >= 0.6 is 35.3 Å². The van der Waals surface area contributed by atoms with E-state index in [1.807, 2.05) is 23.5 Å². The Morgan fingerprint density at radius 3 is 2.42 bits per heavy atom. The lowest BCUT2D eigenvalue weighted by atomic mass is 9.97. The largest absolute Gasteiger partial charge is 0.354 e. The Labute approximate surface area is 207 Å². The maximum Gasteiger partial charge on any atom is 0.191 e. The van der Waals surface area contributed by atoms with Gasteiger partial charge in [-0.25, -0.2) is 8.42 Å². The fraction of sp³-hybridized carbons (Fsp3) is 0.500. The second-order valence-corrected chi connectivity index (χ2v) is 11.0. The van der Waals surface area contributed by atoms with Crippen LogP contribution in [-0.2, 0) is 16.4 Å². The van der Waals surface area contributed by atoms with Gasteiger partial charge in [0.2, 0.25) is 0 Å². The summed E-state index contributed by atoms with van der Waals surface area (Å²) >= 11 is 1.81. The van der Waals surface area contributed by atoms with Crippen LogP contribution in [0.25, 0.3) is 0 Å². The van der Waals surface area contributed by atoms with E-state index >= 15 is 0 Å². The molecule has 1 aromatic heterocycles. The van der Waals surface area contributed by atoms with Crippen LogP contribution in [0.15, 0.2) is 51.7 Å². The molecule has 1 unspecified atom stereocenters. The van der Waals surface area contributed by atoms with Crippen LogP contribution in [0.2, 0.25) is 0 Å². The van der Waals surface area contributed by atoms with E-state index < -0.39 is 9.84 Å². The smallest absolute Gasteiger partial charge is 0.191 e. The molecule has 0 spiro atoms. The monoisotopic (exact) mass is 576 g/mol. The molecule has 9 heteroatoms. The van der Waals surface area contributed by atoms with E-state index in [9.17, 15) is 8.42 Å². The zero-order valence-corrected chi connectivity index (χ0v) is 22.3. The minimum atomic E-state index is -3.17. The van der Waals surface area contributed by atoms with Gasteiger partial charge in [0.05, 0.1) is 10.9 Å². The summed E-state index contributed by atoms with van der Waals surface area (Å²) in [7, 11) is -1.40. The molecule has 172 valence electrons. The normalized spacial score (nSPS) is 17.1. The molecule has 0 aliphatic carbocycles. The van der Waals surface area contributed by atoms with E-state index in [1.165, 1.54) is 24.0 Å². The molecule has 0 radical (unpaired) electrons. The molecule has 6 nitrogen and oxygen atoms in total. The molecule has 1 aromatic carbocycles. The fourth-order valence-corrected chi connectivity index (χ4v) is 5.18. The van der Waals surface area contributed by atoms with Gasteiger partial charge in [-0.1, -0.05) is 25.1 Å². The van der Waals surface area contributed by atoms with Gasteiger partial charge in [0.1, 0.15) is 0 Å². The van der Waals surface area contributed by atoms with Gasteiger partial charge in [-0.3, -0.25) is 9.89 Å². The van der Waals surface area contributed by atoms with Crippen molar-refractivity contribution in [2.24, 2.45) is 10.9 Å². The summed E-state index contributed by atoms with van der Waals surface area (Å²) in [6, 6.07) is 11.6. The second kappa shape index (κ2) is 12.2. The fourth-order valence-electron chi connectivity index (χ4n) is 3.68. The third-order valence-corrected chi connectivity index (χ3v) is 7.73. The molecular weight excluding hydrogens is 543 g/mol. The van der Waals surface area contributed by atoms with Gasteiger partial charge in [-0.05, 0) is 61.0 Å². The second-order valence-electron chi connectivity index (χ2n) is 7.97. The van der Waals surface area contributed by atoms with E-state index in [1.54, 1.807) is 19.2 Å². The summed E-state index contributed by atoms with van der Waals surface area (Å²) in [6.45, 7) is 5.97. The third kappa shape index (κ3) is 7.73. The number of piperidine rings is 1. The van der Waals surface area contributed by atoms with Crippen molar-refractivity contribution in [2.75, 3.05) is 32.9 Å². The number of nitrogens with one attached hydrogen (secondary N) is 2. The number of halogens is 1. The summed E-state index contributed by atoms with van der Waals surface area (Å²) in [5, 5.41) is 8.95. The minimum absolute atomic E-state index is 0. The molecule has 2 aromatic rings. The highest BCUT2D eigenvalue weighted by Crippen LogP contribution is 2.29. The average Bonchev–Trinajstić information content (AvgIpc) is 3.26. The van der Waals surface area contributed by atoms with Gasteiger partial charge in [-0.2, -0.15) is 0 Å². The van der Waals surface area contributed by atoms with Crippen LogP contribution in [0.4, 0.5) is 0 Å². The Kier molecular flexibility index (Phi) is 10.2. The number of sulfone groups is 1. The first kappa shape index (κ1) is 26.1. The van der Waals surface area contributed by atoms with E-state index in [4.69, 9.17) is 0 Å². The molecule has 31 heavy (non-hydrogen) atoms. The van der Waals surface area contributed by atoms with Gasteiger partial charge < -0.3 is 10.6 Å². The Hall–Kier alpha value is -1.17. The highest BCUT2D eigenvalue weighted by Gasteiger charge is 2.25. The molecule has 0 saturated carbocycles. The van der Waals surface area contributed by atoms with Crippen molar-refractivity contribution in [3.8, 4) is 0 Å². The number of nitrogens with zero attached hydrogens (tertiary/aromatic N) is 2. The maximum atomic E-state index is 11.6. The van der Waals surface area contributed by atoms with Crippen molar-refractivity contribution in [1.29, 1.82) is 0 Å². The lowest BCUT2D eigenvalue weighted by molar-refractivity contribution is 0.140. The highest BCUT2D eigenvalue weighted by molar-refractivity contribution is 14.0. The number of hydrogen-bond acceptors (Lipinski definition) is 5. The lowest BCUT2D eigenvalue weighted by Gasteiger charge is -2.36. The van der Waals surface area contributed by atoms with Crippen LogP contribution in [0.3, 0.4) is 0 Å². The Morgan fingerprint density at radius 1 is 1.19 bits per heavy atom. The maximum absolute atomic E-state index is 11.6. The first-order chi connectivity index (χ1) is 14.4. The van der Waals surface area contributed by atoms with Crippen molar-refractivity contribution in [1.82, 2.24) is 15.5 Å². The highest BCUT2D eigenvalue weighted by atomic mass is 127. The Balaban J connectivity index is 0.00000341. The number of guanidine groups is 1. The van der Waals surface area contributed by atoms with Gasteiger partial charge in [0.25, 0.3) is 0 Å².